The van der Waals surface area contributed by atoms with Gasteiger partial charge >= 0.3 is 12.1 Å². The van der Waals surface area contributed by atoms with Gasteiger partial charge in [-0.25, -0.2) is 0 Å². The van der Waals surface area contributed by atoms with Gasteiger partial charge in [0.1, 0.15) is 17.8 Å². The number of hydrogen-bond donors (Lipinski definition) is 3. The molecule has 2 fully saturated rings. The van der Waals surface area contributed by atoms with E-state index in [2.05, 4.69) is 5.32 Å². The minimum atomic E-state index is -5.12. The quantitative estimate of drug-likeness (QED) is 0.476. The molecule has 2 rings (SSSR count). The number of carbonyl (C=O) groups is 4. The van der Waals surface area contributed by atoms with Crippen molar-refractivity contribution < 1.29 is 32.3 Å². The molecule has 32 heavy (non-hydrogen) atoms. The predicted molar refractivity (Wildman–Crippen MR) is 109 cm³/mol. The number of nitrogens with two attached hydrogens (primary N) is 1. The summed E-state index contributed by atoms with van der Waals surface area (Å²) in [6, 6.07) is -2.35. The van der Waals surface area contributed by atoms with Crippen LogP contribution in [-0.2, 0) is 19.2 Å². The van der Waals surface area contributed by atoms with E-state index in [0.717, 1.165) is 0 Å². The summed E-state index contributed by atoms with van der Waals surface area (Å²) in [7, 11) is 0. The summed E-state index contributed by atoms with van der Waals surface area (Å²) < 4.78 is 38.5. The van der Waals surface area contributed by atoms with E-state index in [4.69, 9.17) is 5.73 Å². The van der Waals surface area contributed by atoms with Gasteiger partial charge in [-0.1, -0.05) is 26.7 Å². The Hall–Kier alpha value is -2.59. The molecule has 1 aliphatic carbocycles. The van der Waals surface area contributed by atoms with Crippen LogP contribution in [0.4, 0.5) is 13.2 Å². The Balaban J connectivity index is 2.36. The number of likely N-dealkylation sites (tertiary alicyclic amines) is 1. The van der Waals surface area contributed by atoms with E-state index in [1.807, 2.05) is 19.2 Å². The first-order valence-electron chi connectivity index (χ1n) is 10.8. The lowest BCUT2D eigenvalue weighted by atomic mass is 9.86. The van der Waals surface area contributed by atoms with Crippen LogP contribution in [0.25, 0.3) is 0 Å². The van der Waals surface area contributed by atoms with Gasteiger partial charge in [-0.15, -0.1) is 0 Å². The van der Waals surface area contributed by atoms with Crippen LogP contribution in [0.2, 0.25) is 0 Å². The topological polar surface area (TPSA) is 122 Å². The molecular formula is C21H31F3N4O4. The fraction of sp³-hybridized carbons (Fsp3) is 0.714. The van der Waals surface area contributed by atoms with Crippen molar-refractivity contribution in [3.05, 3.63) is 11.3 Å². The summed E-state index contributed by atoms with van der Waals surface area (Å²) in [6.45, 7) is 7.14. The minimum absolute atomic E-state index is 0.0541. The average Bonchev–Trinajstić information content (AvgIpc) is 3.46. The first kappa shape index (κ1) is 25.7. The van der Waals surface area contributed by atoms with E-state index in [-0.39, 0.29) is 24.1 Å². The van der Waals surface area contributed by atoms with Gasteiger partial charge in [-0.3, -0.25) is 19.2 Å². The fourth-order valence-electron chi connectivity index (χ4n) is 4.38. The fourth-order valence-corrected chi connectivity index (χ4v) is 4.38. The van der Waals surface area contributed by atoms with Gasteiger partial charge in [-0.2, -0.15) is 13.2 Å². The number of carbonyl (C=O) groups excluding carboxylic acids is 4. The molecule has 1 saturated heterocycles. The number of hydrogen-bond acceptors (Lipinski definition) is 4. The molecule has 4 N–H and O–H groups in total. The zero-order valence-electron chi connectivity index (χ0n) is 18.7. The summed E-state index contributed by atoms with van der Waals surface area (Å²) in [5.74, 6) is -5.05. The number of primary amides is 1. The lowest BCUT2D eigenvalue weighted by molar-refractivity contribution is -0.175. The molecule has 8 nitrogen and oxygen atoms in total. The predicted octanol–water partition coefficient (Wildman–Crippen LogP) is 1.60. The van der Waals surface area contributed by atoms with Gasteiger partial charge in [0.25, 0.3) is 5.91 Å². The highest BCUT2D eigenvalue weighted by atomic mass is 19.4. The number of amides is 4. The highest BCUT2D eigenvalue weighted by molar-refractivity contribution is 6.00. The SMILES string of the molecule is CCC1[C@@H](CC)CN(C(=O)[C@@H](NC(=O)C(F)(F)F)C2CC2)[C@@H]1C(=O)NC(C(N)=O)=C(C)C. The normalized spacial score (nSPS) is 24.0. The molecule has 1 unspecified atom stereocenters. The third-order valence-electron chi connectivity index (χ3n) is 6.22. The minimum Gasteiger partial charge on any atom is -0.364 e. The Kier molecular flexibility index (Phi) is 7.95. The molecular weight excluding hydrogens is 429 g/mol. The van der Waals surface area contributed by atoms with Crippen molar-refractivity contribution in [1.29, 1.82) is 0 Å². The lowest BCUT2D eigenvalue weighted by Crippen LogP contribution is -2.57. The van der Waals surface area contributed by atoms with Crippen LogP contribution in [0.3, 0.4) is 0 Å². The number of halogens is 3. The van der Waals surface area contributed by atoms with Gasteiger partial charge in [0, 0.05) is 6.54 Å². The summed E-state index contributed by atoms with van der Waals surface area (Å²) in [6.07, 6.45) is -2.90. The molecule has 11 heteroatoms. The van der Waals surface area contributed by atoms with E-state index in [9.17, 15) is 32.3 Å². The van der Waals surface area contributed by atoms with Crippen molar-refractivity contribution in [2.24, 2.45) is 23.5 Å². The van der Waals surface area contributed by atoms with Crippen molar-refractivity contribution in [3.8, 4) is 0 Å². The maximum absolute atomic E-state index is 13.3. The Morgan fingerprint density at radius 3 is 2.09 bits per heavy atom. The van der Waals surface area contributed by atoms with Crippen LogP contribution in [0.15, 0.2) is 11.3 Å². The van der Waals surface area contributed by atoms with Crippen LogP contribution in [0.1, 0.15) is 53.4 Å². The molecule has 1 heterocycles. The van der Waals surface area contributed by atoms with E-state index in [1.165, 1.54) is 4.90 Å². The number of nitrogens with one attached hydrogen (secondary N) is 2. The van der Waals surface area contributed by atoms with Gasteiger partial charge in [0.2, 0.25) is 11.8 Å². The Morgan fingerprint density at radius 2 is 1.69 bits per heavy atom. The summed E-state index contributed by atoms with van der Waals surface area (Å²) >= 11 is 0. The number of allylic oxidation sites excluding steroid dienone is 1. The van der Waals surface area contributed by atoms with Crippen molar-refractivity contribution in [2.45, 2.75) is 71.6 Å². The average molecular weight is 460 g/mol. The highest BCUT2D eigenvalue weighted by Crippen LogP contribution is 2.39. The Labute approximate surface area is 185 Å². The molecule has 4 atom stereocenters. The number of rotatable bonds is 8. The van der Waals surface area contributed by atoms with Gasteiger partial charge in [0.15, 0.2) is 0 Å². The zero-order chi connectivity index (χ0) is 24.4. The van der Waals surface area contributed by atoms with E-state index in [0.29, 0.717) is 31.3 Å². The molecule has 0 bridgehead atoms. The van der Waals surface area contributed by atoms with Crippen LogP contribution >= 0.6 is 0 Å². The largest absolute Gasteiger partial charge is 0.471 e. The summed E-state index contributed by atoms with van der Waals surface area (Å²) in [5, 5.41) is 4.33. The Bertz CT molecular complexity index is 803. The molecule has 1 saturated carbocycles. The molecule has 0 aromatic carbocycles. The van der Waals surface area contributed by atoms with Crippen molar-refractivity contribution in [3.63, 3.8) is 0 Å². The first-order valence-corrected chi connectivity index (χ1v) is 10.8. The van der Waals surface area contributed by atoms with Gasteiger partial charge in [0.05, 0.1) is 0 Å². The van der Waals surface area contributed by atoms with Crippen LogP contribution in [0, 0.1) is 17.8 Å². The number of alkyl halides is 3. The van der Waals surface area contributed by atoms with Crippen LogP contribution in [-0.4, -0.2) is 53.3 Å². The standard InChI is InChI=1S/C21H31F3N4O4/c1-5-11-9-28(19(31)15(12-7-8-12)27-20(32)21(22,23)24)16(13(11)6-2)18(30)26-14(10(3)4)17(25)29/h11-13,15-16H,5-9H2,1-4H3,(H2,25,29)(H,26,30)(H,27,32)/t11-,13?,15-,16-/m0/s1. The van der Waals surface area contributed by atoms with Gasteiger partial charge < -0.3 is 21.3 Å². The molecule has 2 aliphatic rings. The summed E-state index contributed by atoms with van der Waals surface area (Å²) in [5.41, 5.74) is 5.74. The molecule has 0 aromatic heterocycles. The Morgan fingerprint density at radius 1 is 1.09 bits per heavy atom. The third-order valence-corrected chi connectivity index (χ3v) is 6.22. The maximum atomic E-state index is 13.3. The van der Waals surface area contributed by atoms with E-state index >= 15 is 0 Å². The molecule has 4 amide bonds. The third kappa shape index (κ3) is 5.60. The zero-order valence-corrected chi connectivity index (χ0v) is 18.7. The van der Waals surface area contributed by atoms with Crippen molar-refractivity contribution in [2.75, 3.05) is 6.54 Å². The van der Waals surface area contributed by atoms with Crippen LogP contribution in [0.5, 0.6) is 0 Å². The van der Waals surface area contributed by atoms with E-state index < -0.39 is 47.8 Å². The molecule has 180 valence electrons. The number of nitrogens with zero attached hydrogens (tertiary/aromatic N) is 1. The maximum Gasteiger partial charge on any atom is 0.471 e. The van der Waals surface area contributed by atoms with Crippen molar-refractivity contribution in [1.82, 2.24) is 15.5 Å². The lowest BCUT2D eigenvalue weighted by Gasteiger charge is -2.31. The second-order valence-electron chi connectivity index (χ2n) is 8.69. The molecule has 0 aromatic rings. The molecule has 1 aliphatic heterocycles. The monoisotopic (exact) mass is 460 g/mol. The van der Waals surface area contributed by atoms with Crippen molar-refractivity contribution >= 4 is 23.6 Å². The summed E-state index contributed by atoms with van der Waals surface area (Å²) in [4.78, 5) is 51.0. The van der Waals surface area contributed by atoms with Gasteiger partial charge in [-0.05, 0) is 50.0 Å². The molecule has 0 spiro atoms. The molecule has 0 radical (unpaired) electrons. The second kappa shape index (κ2) is 9.91. The highest BCUT2D eigenvalue weighted by Gasteiger charge is 2.51. The van der Waals surface area contributed by atoms with E-state index in [1.54, 1.807) is 13.8 Å². The first-order chi connectivity index (χ1) is 14.8. The van der Waals surface area contributed by atoms with Crippen LogP contribution < -0.4 is 16.4 Å². The smallest absolute Gasteiger partial charge is 0.364 e. The second-order valence-corrected chi connectivity index (χ2v) is 8.69.